The lowest BCUT2D eigenvalue weighted by Crippen LogP contribution is -2.34. The Bertz CT molecular complexity index is 322. The van der Waals surface area contributed by atoms with Gasteiger partial charge >= 0.3 is 0 Å². The third kappa shape index (κ3) is 2.13. The van der Waals surface area contributed by atoms with Gasteiger partial charge in [-0.05, 0) is 23.9 Å². The van der Waals surface area contributed by atoms with Gasteiger partial charge in [-0.3, -0.25) is 4.79 Å². The summed E-state index contributed by atoms with van der Waals surface area (Å²) < 4.78 is 0. The first-order valence-corrected chi connectivity index (χ1v) is 5.47. The summed E-state index contributed by atoms with van der Waals surface area (Å²) in [6.45, 7) is 4.25. The van der Waals surface area contributed by atoms with Crippen molar-refractivity contribution in [1.29, 1.82) is 0 Å². The average Bonchev–Trinajstić information content (AvgIpc) is 2.61. The number of thiophene rings is 1. The zero-order chi connectivity index (χ0) is 10.7. The van der Waals surface area contributed by atoms with Crippen LogP contribution in [0.15, 0.2) is 11.4 Å². The quantitative estimate of drug-likeness (QED) is 0.827. The maximum absolute atomic E-state index is 11.8. The lowest BCUT2D eigenvalue weighted by Gasteiger charge is -2.19. The SMILES string of the molecule is Cc1ccsc1N(C)C(=O)C(C)CN. The van der Waals surface area contributed by atoms with Gasteiger partial charge in [0.1, 0.15) is 5.00 Å². The minimum atomic E-state index is -0.110. The smallest absolute Gasteiger partial charge is 0.231 e. The van der Waals surface area contributed by atoms with Gasteiger partial charge in [-0.25, -0.2) is 0 Å². The van der Waals surface area contributed by atoms with Gasteiger partial charge in [-0.15, -0.1) is 11.3 Å². The lowest BCUT2D eigenvalue weighted by atomic mass is 10.1. The Balaban J connectivity index is 2.80. The summed E-state index contributed by atoms with van der Waals surface area (Å²) in [7, 11) is 1.80. The van der Waals surface area contributed by atoms with E-state index in [2.05, 4.69) is 0 Å². The van der Waals surface area contributed by atoms with Crippen LogP contribution in [0, 0.1) is 12.8 Å². The van der Waals surface area contributed by atoms with E-state index in [1.54, 1.807) is 23.3 Å². The standard InChI is InChI=1S/C10H16N2OS/c1-7-4-5-14-10(7)12(3)9(13)8(2)6-11/h4-5,8H,6,11H2,1-3H3. The van der Waals surface area contributed by atoms with Crippen molar-refractivity contribution >= 4 is 22.2 Å². The van der Waals surface area contributed by atoms with E-state index >= 15 is 0 Å². The number of aryl methyl sites for hydroxylation is 1. The van der Waals surface area contributed by atoms with Crippen molar-refractivity contribution in [2.45, 2.75) is 13.8 Å². The summed E-state index contributed by atoms with van der Waals surface area (Å²) >= 11 is 1.58. The number of nitrogens with zero attached hydrogens (tertiary/aromatic N) is 1. The Morgan fingerprint density at radius 2 is 2.36 bits per heavy atom. The highest BCUT2D eigenvalue weighted by Gasteiger charge is 2.18. The van der Waals surface area contributed by atoms with Crippen LogP contribution < -0.4 is 10.6 Å². The van der Waals surface area contributed by atoms with Crippen molar-refractivity contribution in [3.63, 3.8) is 0 Å². The van der Waals surface area contributed by atoms with Gasteiger partial charge in [0.15, 0.2) is 0 Å². The Hall–Kier alpha value is -0.870. The highest BCUT2D eigenvalue weighted by Crippen LogP contribution is 2.26. The molecule has 0 aliphatic heterocycles. The number of hydrogen-bond acceptors (Lipinski definition) is 3. The van der Waals surface area contributed by atoms with Crippen LogP contribution in [0.4, 0.5) is 5.00 Å². The van der Waals surface area contributed by atoms with Crippen molar-refractivity contribution in [3.8, 4) is 0 Å². The largest absolute Gasteiger partial charge is 0.330 e. The molecule has 0 aliphatic carbocycles. The number of hydrogen-bond donors (Lipinski definition) is 1. The van der Waals surface area contributed by atoms with Crippen LogP contribution in [0.25, 0.3) is 0 Å². The van der Waals surface area contributed by atoms with Crippen molar-refractivity contribution < 1.29 is 4.79 Å². The van der Waals surface area contributed by atoms with Crippen LogP contribution in [0.3, 0.4) is 0 Å². The zero-order valence-electron chi connectivity index (χ0n) is 8.78. The predicted molar refractivity (Wildman–Crippen MR) is 60.7 cm³/mol. The third-order valence-electron chi connectivity index (χ3n) is 2.25. The first-order valence-electron chi connectivity index (χ1n) is 4.59. The van der Waals surface area contributed by atoms with E-state index in [1.807, 2.05) is 25.3 Å². The van der Waals surface area contributed by atoms with E-state index in [-0.39, 0.29) is 11.8 Å². The number of anilines is 1. The Labute approximate surface area is 88.5 Å². The van der Waals surface area contributed by atoms with E-state index in [0.717, 1.165) is 10.6 Å². The molecule has 78 valence electrons. The molecule has 1 aromatic rings. The fourth-order valence-electron chi connectivity index (χ4n) is 1.24. The topological polar surface area (TPSA) is 46.3 Å². The van der Waals surface area contributed by atoms with Gasteiger partial charge in [0.05, 0.1) is 0 Å². The molecule has 0 saturated carbocycles. The number of nitrogens with two attached hydrogens (primary N) is 1. The van der Waals surface area contributed by atoms with Gasteiger partial charge < -0.3 is 10.6 Å². The first-order chi connectivity index (χ1) is 6.57. The van der Waals surface area contributed by atoms with E-state index in [9.17, 15) is 4.79 Å². The molecule has 0 radical (unpaired) electrons. The van der Waals surface area contributed by atoms with Crippen molar-refractivity contribution in [2.24, 2.45) is 11.7 Å². The van der Waals surface area contributed by atoms with Crippen LogP contribution >= 0.6 is 11.3 Å². The molecule has 1 amide bonds. The first kappa shape index (κ1) is 11.2. The third-order valence-corrected chi connectivity index (χ3v) is 3.34. The van der Waals surface area contributed by atoms with Crippen molar-refractivity contribution in [2.75, 3.05) is 18.5 Å². The van der Waals surface area contributed by atoms with Gasteiger partial charge in [0.25, 0.3) is 0 Å². The Morgan fingerprint density at radius 1 is 1.71 bits per heavy atom. The summed E-state index contributed by atoms with van der Waals surface area (Å²) in [6, 6.07) is 2.01. The second-order valence-electron chi connectivity index (χ2n) is 3.44. The second-order valence-corrected chi connectivity index (χ2v) is 4.34. The maximum Gasteiger partial charge on any atom is 0.231 e. The van der Waals surface area contributed by atoms with Crippen LogP contribution in [-0.2, 0) is 4.79 Å². The normalized spacial score (nSPS) is 12.6. The molecular weight excluding hydrogens is 196 g/mol. The van der Waals surface area contributed by atoms with Gasteiger partial charge in [0.2, 0.25) is 5.91 Å². The van der Waals surface area contributed by atoms with Crippen molar-refractivity contribution in [3.05, 3.63) is 17.0 Å². The molecule has 14 heavy (non-hydrogen) atoms. The fraction of sp³-hybridized carbons (Fsp3) is 0.500. The molecule has 0 saturated heterocycles. The number of carbonyl (C=O) groups is 1. The highest BCUT2D eigenvalue weighted by molar-refractivity contribution is 7.14. The minimum absolute atomic E-state index is 0.0815. The molecule has 3 nitrogen and oxygen atoms in total. The Morgan fingerprint density at radius 3 is 2.79 bits per heavy atom. The Kier molecular flexibility index (Phi) is 3.66. The van der Waals surface area contributed by atoms with Crippen molar-refractivity contribution in [1.82, 2.24) is 0 Å². The molecule has 1 aromatic heterocycles. The molecule has 0 aliphatic rings. The molecule has 2 N–H and O–H groups in total. The lowest BCUT2D eigenvalue weighted by molar-refractivity contribution is -0.121. The highest BCUT2D eigenvalue weighted by atomic mass is 32.1. The van der Waals surface area contributed by atoms with E-state index in [1.165, 1.54) is 0 Å². The molecule has 0 aromatic carbocycles. The average molecular weight is 212 g/mol. The predicted octanol–water partition coefficient (Wildman–Crippen LogP) is 1.61. The van der Waals surface area contributed by atoms with Crippen LogP contribution in [0.1, 0.15) is 12.5 Å². The molecule has 1 heterocycles. The maximum atomic E-state index is 11.8. The summed E-state index contributed by atoms with van der Waals surface area (Å²) in [4.78, 5) is 13.5. The molecular formula is C10H16N2OS. The summed E-state index contributed by atoms with van der Waals surface area (Å²) in [5.74, 6) is -0.0282. The summed E-state index contributed by atoms with van der Waals surface area (Å²) in [5, 5.41) is 3.00. The molecule has 1 rings (SSSR count). The molecule has 4 heteroatoms. The van der Waals surface area contributed by atoms with Gasteiger partial charge in [-0.1, -0.05) is 6.92 Å². The van der Waals surface area contributed by atoms with Crippen LogP contribution in [0.5, 0.6) is 0 Å². The zero-order valence-corrected chi connectivity index (χ0v) is 9.60. The fourth-order valence-corrected chi connectivity index (χ4v) is 2.14. The summed E-state index contributed by atoms with van der Waals surface area (Å²) in [6.07, 6.45) is 0. The number of amides is 1. The molecule has 1 atom stereocenters. The van der Waals surface area contributed by atoms with E-state index in [4.69, 9.17) is 5.73 Å². The molecule has 0 bridgehead atoms. The summed E-state index contributed by atoms with van der Waals surface area (Å²) in [5.41, 5.74) is 6.59. The van der Waals surface area contributed by atoms with Gasteiger partial charge in [0, 0.05) is 19.5 Å². The van der Waals surface area contributed by atoms with Crippen LogP contribution in [-0.4, -0.2) is 19.5 Å². The van der Waals surface area contributed by atoms with E-state index in [0.29, 0.717) is 6.54 Å². The minimum Gasteiger partial charge on any atom is -0.330 e. The second kappa shape index (κ2) is 4.57. The monoisotopic (exact) mass is 212 g/mol. The van der Waals surface area contributed by atoms with Crippen LogP contribution in [0.2, 0.25) is 0 Å². The molecule has 0 fully saturated rings. The number of carbonyl (C=O) groups excluding carboxylic acids is 1. The van der Waals surface area contributed by atoms with Gasteiger partial charge in [-0.2, -0.15) is 0 Å². The van der Waals surface area contributed by atoms with E-state index < -0.39 is 0 Å². The number of rotatable bonds is 3. The molecule has 1 unspecified atom stereocenters. The molecule has 0 spiro atoms.